The first-order chi connectivity index (χ1) is 10.7. The van der Waals surface area contributed by atoms with Gasteiger partial charge in [-0.15, -0.1) is 11.3 Å². The van der Waals surface area contributed by atoms with Crippen LogP contribution in [-0.2, 0) is 16.1 Å². The summed E-state index contributed by atoms with van der Waals surface area (Å²) in [5.74, 6) is -0.0847. The van der Waals surface area contributed by atoms with Crippen molar-refractivity contribution in [2.24, 2.45) is 0 Å². The van der Waals surface area contributed by atoms with Crippen LogP contribution in [0.2, 0.25) is 0 Å². The van der Waals surface area contributed by atoms with E-state index in [0.29, 0.717) is 6.61 Å². The Morgan fingerprint density at radius 3 is 3.09 bits per heavy atom. The molecule has 0 bridgehead atoms. The molecule has 1 unspecified atom stereocenters. The van der Waals surface area contributed by atoms with E-state index in [-0.39, 0.29) is 24.2 Å². The van der Waals surface area contributed by atoms with Gasteiger partial charge in [-0.1, -0.05) is 0 Å². The lowest BCUT2D eigenvalue weighted by Gasteiger charge is -2.32. The van der Waals surface area contributed by atoms with Crippen molar-refractivity contribution in [2.45, 2.75) is 37.5 Å². The highest BCUT2D eigenvalue weighted by Gasteiger charge is 2.41. The molecule has 3 heterocycles. The number of ether oxygens (including phenoxy) is 1. The zero-order valence-corrected chi connectivity index (χ0v) is 13.3. The standard InChI is InChI=1S/C16H22N2O3S/c19-9-12-7-14(22-11-12)1-2-15(20)18-13-8-16(21-10-13)3-5-17-6-4-16/h1-2,7,11,13,17,19H,3-6,8-10H2,(H,18,20)/b2-1+. The Bertz CT molecular complexity index is 549. The Labute approximate surface area is 134 Å². The van der Waals surface area contributed by atoms with Gasteiger partial charge in [-0.25, -0.2) is 0 Å². The maximum absolute atomic E-state index is 12.0. The van der Waals surface area contributed by atoms with Gasteiger partial charge in [-0.2, -0.15) is 0 Å². The largest absolute Gasteiger partial charge is 0.392 e. The fourth-order valence-electron chi connectivity index (χ4n) is 3.14. The molecule has 22 heavy (non-hydrogen) atoms. The molecule has 6 heteroatoms. The average Bonchev–Trinajstić information content (AvgIpc) is 3.14. The van der Waals surface area contributed by atoms with E-state index in [2.05, 4.69) is 10.6 Å². The second-order valence-electron chi connectivity index (χ2n) is 6.00. The Morgan fingerprint density at radius 1 is 1.55 bits per heavy atom. The summed E-state index contributed by atoms with van der Waals surface area (Å²) >= 11 is 1.52. The second kappa shape index (κ2) is 6.91. The number of carbonyl (C=O) groups is 1. The van der Waals surface area contributed by atoms with Crippen molar-refractivity contribution >= 4 is 23.3 Å². The fraction of sp³-hybridized carbons (Fsp3) is 0.562. The molecule has 1 atom stereocenters. The maximum Gasteiger partial charge on any atom is 0.244 e. The van der Waals surface area contributed by atoms with E-state index in [0.717, 1.165) is 42.8 Å². The summed E-state index contributed by atoms with van der Waals surface area (Å²) in [6, 6.07) is 1.99. The van der Waals surface area contributed by atoms with E-state index in [1.54, 1.807) is 12.2 Å². The molecular formula is C16H22N2O3S. The van der Waals surface area contributed by atoms with Crippen molar-refractivity contribution in [1.82, 2.24) is 10.6 Å². The minimum absolute atomic E-state index is 0.0311. The van der Waals surface area contributed by atoms with Gasteiger partial charge in [0.15, 0.2) is 0 Å². The minimum atomic E-state index is -0.0847. The molecule has 3 N–H and O–H groups in total. The zero-order valence-electron chi connectivity index (χ0n) is 12.5. The van der Waals surface area contributed by atoms with Gasteiger partial charge in [0.25, 0.3) is 0 Å². The summed E-state index contributed by atoms with van der Waals surface area (Å²) in [5, 5.41) is 17.3. The molecule has 1 spiro atoms. The smallest absolute Gasteiger partial charge is 0.244 e. The Kier molecular flexibility index (Phi) is 4.93. The normalized spacial score (nSPS) is 24.1. The summed E-state index contributed by atoms with van der Waals surface area (Å²) in [7, 11) is 0. The van der Waals surface area contributed by atoms with Gasteiger partial charge in [0, 0.05) is 11.0 Å². The summed E-state index contributed by atoms with van der Waals surface area (Å²) < 4.78 is 5.97. The molecule has 2 aliphatic heterocycles. The number of nitrogens with one attached hydrogen (secondary N) is 2. The van der Waals surface area contributed by atoms with E-state index in [1.165, 1.54) is 11.3 Å². The Hall–Kier alpha value is -1.21. The van der Waals surface area contributed by atoms with Crippen molar-refractivity contribution in [3.63, 3.8) is 0 Å². The van der Waals surface area contributed by atoms with E-state index >= 15 is 0 Å². The van der Waals surface area contributed by atoms with Gasteiger partial charge in [0.1, 0.15) is 0 Å². The molecule has 2 saturated heterocycles. The van der Waals surface area contributed by atoms with Gasteiger partial charge in [0.2, 0.25) is 5.91 Å². The number of carbonyl (C=O) groups excluding carboxylic acids is 1. The van der Waals surface area contributed by atoms with E-state index in [9.17, 15) is 4.79 Å². The van der Waals surface area contributed by atoms with Gasteiger partial charge in [-0.05, 0) is 55.4 Å². The number of aliphatic hydroxyl groups excluding tert-OH is 1. The van der Waals surface area contributed by atoms with Crippen molar-refractivity contribution in [1.29, 1.82) is 0 Å². The topological polar surface area (TPSA) is 70.6 Å². The third-order valence-electron chi connectivity index (χ3n) is 4.33. The predicted octanol–water partition coefficient (Wildman–Crippen LogP) is 1.28. The van der Waals surface area contributed by atoms with Crippen LogP contribution in [0.4, 0.5) is 0 Å². The molecule has 2 fully saturated rings. The van der Waals surface area contributed by atoms with Crippen molar-refractivity contribution < 1.29 is 14.6 Å². The van der Waals surface area contributed by atoms with Crippen LogP contribution < -0.4 is 10.6 Å². The fourth-order valence-corrected chi connectivity index (χ4v) is 3.94. The number of thiophene rings is 1. The van der Waals surface area contributed by atoms with Crippen LogP contribution in [-0.4, -0.2) is 42.4 Å². The van der Waals surface area contributed by atoms with E-state index in [1.807, 2.05) is 11.4 Å². The van der Waals surface area contributed by atoms with Crippen LogP contribution >= 0.6 is 11.3 Å². The Morgan fingerprint density at radius 2 is 2.36 bits per heavy atom. The van der Waals surface area contributed by atoms with E-state index in [4.69, 9.17) is 9.84 Å². The molecule has 1 aromatic rings. The van der Waals surface area contributed by atoms with Crippen LogP contribution in [0.5, 0.6) is 0 Å². The molecule has 2 aliphatic rings. The Balaban J connectivity index is 1.49. The first kappa shape index (κ1) is 15.7. The lowest BCUT2D eigenvalue weighted by Crippen LogP contribution is -2.42. The molecule has 1 aromatic heterocycles. The third-order valence-corrected chi connectivity index (χ3v) is 5.27. The number of rotatable bonds is 4. The van der Waals surface area contributed by atoms with Crippen molar-refractivity contribution in [3.05, 3.63) is 28.0 Å². The summed E-state index contributed by atoms with van der Waals surface area (Å²) in [6.07, 6.45) is 6.29. The molecule has 0 saturated carbocycles. The van der Waals surface area contributed by atoms with Gasteiger partial charge < -0.3 is 20.5 Å². The highest BCUT2D eigenvalue weighted by atomic mass is 32.1. The number of aliphatic hydroxyl groups is 1. The second-order valence-corrected chi connectivity index (χ2v) is 6.95. The van der Waals surface area contributed by atoms with Crippen LogP contribution in [0, 0.1) is 0 Å². The van der Waals surface area contributed by atoms with Gasteiger partial charge in [0.05, 0.1) is 24.9 Å². The SMILES string of the molecule is O=C(/C=C/c1cc(CO)cs1)NC1COC2(CCNCC2)C1. The molecule has 5 nitrogen and oxygen atoms in total. The number of hydrogen-bond donors (Lipinski definition) is 3. The summed E-state index contributed by atoms with van der Waals surface area (Å²) in [4.78, 5) is 13.0. The lowest BCUT2D eigenvalue weighted by atomic mass is 9.88. The van der Waals surface area contributed by atoms with Crippen LogP contribution in [0.1, 0.15) is 29.7 Å². The number of amides is 1. The highest BCUT2D eigenvalue weighted by molar-refractivity contribution is 7.11. The quantitative estimate of drug-likeness (QED) is 0.731. The zero-order chi connectivity index (χ0) is 15.4. The first-order valence-electron chi connectivity index (χ1n) is 7.71. The van der Waals surface area contributed by atoms with Crippen LogP contribution in [0.3, 0.4) is 0 Å². The highest BCUT2D eigenvalue weighted by Crippen LogP contribution is 2.33. The third kappa shape index (κ3) is 3.76. The van der Waals surface area contributed by atoms with E-state index < -0.39 is 0 Å². The minimum Gasteiger partial charge on any atom is -0.392 e. The lowest BCUT2D eigenvalue weighted by molar-refractivity contribution is -0.117. The molecule has 0 aliphatic carbocycles. The molecule has 0 aromatic carbocycles. The summed E-state index contributed by atoms with van der Waals surface area (Å²) in [6.45, 7) is 2.62. The number of piperidine rings is 1. The monoisotopic (exact) mass is 322 g/mol. The summed E-state index contributed by atoms with van der Waals surface area (Å²) in [5.41, 5.74) is 0.846. The predicted molar refractivity (Wildman–Crippen MR) is 86.6 cm³/mol. The molecule has 1 amide bonds. The molecule has 120 valence electrons. The molecule has 0 radical (unpaired) electrons. The average molecular weight is 322 g/mol. The van der Waals surface area contributed by atoms with Crippen molar-refractivity contribution in [2.75, 3.05) is 19.7 Å². The van der Waals surface area contributed by atoms with Crippen molar-refractivity contribution in [3.8, 4) is 0 Å². The van der Waals surface area contributed by atoms with Crippen LogP contribution in [0.15, 0.2) is 17.5 Å². The van der Waals surface area contributed by atoms with Crippen LogP contribution in [0.25, 0.3) is 6.08 Å². The maximum atomic E-state index is 12.0. The molecular weight excluding hydrogens is 300 g/mol. The molecule has 3 rings (SSSR count). The first-order valence-corrected chi connectivity index (χ1v) is 8.59. The number of hydrogen-bond acceptors (Lipinski definition) is 5. The van der Waals surface area contributed by atoms with Gasteiger partial charge >= 0.3 is 0 Å². The van der Waals surface area contributed by atoms with Gasteiger partial charge in [-0.3, -0.25) is 4.79 Å².